The van der Waals surface area contributed by atoms with Crippen LogP contribution in [0.2, 0.25) is 0 Å². The third-order valence-electron chi connectivity index (χ3n) is 2.86. The average molecular weight is 312 g/mol. The third-order valence-corrected chi connectivity index (χ3v) is 3.35. The van der Waals surface area contributed by atoms with Gasteiger partial charge in [0.15, 0.2) is 0 Å². The Hall–Kier alpha value is -1.40. The van der Waals surface area contributed by atoms with E-state index in [1.165, 1.54) is 0 Å². The number of benzene rings is 1. The Labute approximate surface area is 113 Å². The Bertz CT molecular complexity index is 490. The van der Waals surface area contributed by atoms with E-state index >= 15 is 0 Å². The van der Waals surface area contributed by atoms with E-state index in [1.807, 2.05) is 18.2 Å². The molecule has 0 aromatic heterocycles. The molecule has 1 aromatic carbocycles. The second-order valence-corrected chi connectivity index (χ2v) is 4.96. The quantitative estimate of drug-likeness (QED) is 0.849. The highest BCUT2D eigenvalue weighted by Crippen LogP contribution is 2.30. The number of nitrogens with one attached hydrogen (secondary N) is 1. The smallest absolute Gasteiger partial charge is 0.246 e. The van der Waals surface area contributed by atoms with E-state index < -0.39 is 0 Å². The van der Waals surface area contributed by atoms with Gasteiger partial charge in [-0.05, 0) is 30.2 Å². The van der Waals surface area contributed by atoms with E-state index in [0.717, 1.165) is 22.1 Å². The molecule has 3 N–H and O–H groups in total. The van der Waals surface area contributed by atoms with Crippen molar-refractivity contribution in [2.75, 3.05) is 24.5 Å². The maximum Gasteiger partial charge on any atom is 0.246 e. The topological polar surface area (TPSA) is 75.4 Å². The molecule has 1 aliphatic rings. The molecular formula is C12H14BrN3O2. The van der Waals surface area contributed by atoms with Crippen molar-refractivity contribution in [1.29, 1.82) is 0 Å². The zero-order valence-corrected chi connectivity index (χ0v) is 11.4. The number of hydrogen-bond donors (Lipinski definition) is 2. The number of hydrogen-bond acceptors (Lipinski definition) is 3. The van der Waals surface area contributed by atoms with Gasteiger partial charge in [-0.3, -0.25) is 9.59 Å². The number of anilines is 1. The standard InChI is InChI=1S/C12H14BrN3O2/c13-9-1-2-10-8(5-9)3-4-16(10)12(18)7-15-11(17)6-14/h1-2,5H,3-4,6-7,14H2,(H,15,17). The van der Waals surface area contributed by atoms with Crippen LogP contribution < -0.4 is 16.0 Å². The largest absolute Gasteiger partial charge is 0.346 e. The number of nitrogens with zero attached hydrogens (tertiary/aromatic N) is 1. The molecule has 18 heavy (non-hydrogen) atoms. The van der Waals surface area contributed by atoms with Gasteiger partial charge in [-0.1, -0.05) is 15.9 Å². The number of carbonyl (C=O) groups excluding carboxylic acids is 2. The SMILES string of the molecule is NCC(=O)NCC(=O)N1CCc2cc(Br)ccc21. The van der Waals surface area contributed by atoms with Crippen molar-refractivity contribution in [3.05, 3.63) is 28.2 Å². The highest BCUT2D eigenvalue weighted by atomic mass is 79.9. The monoisotopic (exact) mass is 311 g/mol. The van der Waals surface area contributed by atoms with Gasteiger partial charge in [0.05, 0.1) is 13.1 Å². The van der Waals surface area contributed by atoms with Gasteiger partial charge >= 0.3 is 0 Å². The fraction of sp³-hybridized carbons (Fsp3) is 0.333. The summed E-state index contributed by atoms with van der Waals surface area (Å²) in [5.74, 6) is -0.434. The van der Waals surface area contributed by atoms with E-state index in [4.69, 9.17) is 5.73 Å². The number of fused-ring (bicyclic) bond motifs is 1. The molecule has 1 aliphatic heterocycles. The van der Waals surface area contributed by atoms with Gasteiger partial charge in [-0.15, -0.1) is 0 Å². The molecule has 0 bridgehead atoms. The molecule has 6 heteroatoms. The van der Waals surface area contributed by atoms with Gasteiger partial charge < -0.3 is 16.0 Å². The number of rotatable bonds is 3. The Morgan fingerprint density at radius 1 is 1.44 bits per heavy atom. The van der Waals surface area contributed by atoms with Gasteiger partial charge in [0, 0.05) is 16.7 Å². The second kappa shape index (κ2) is 5.49. The van der Waals surface area contributed by atoms with Crippen molar-refractivity contribution in [2.24, 2.45) is 5.73 Å². The molecule has 0 radical (unpaired) electrons. The summed E-state index contributed by atoms with van der Waals surface area (Å²) in [5.41, 5.74) is 7.23. The lowest BCUT2D eigenvalue weighted by Crippen LogP contribution is -2.41. The van der Waals surface area contributed by atoms with Gasteiger partial charge in [0.1, 0.15) is 0 Å². The number of carbonyl (C=O) groups is 2. The summed E-state index contributed by atoms with van der Waals surface area (Å²) in [5, 5.41) is 2.49. The number of halogens is 1. The van der Waals surface area contributed by atoms with Crippen molar-refractivity contribution >= 4 is 33.4 Å². The summed E-state index contributed by atoms with van der Waals surface area (Å²) in [7, 11) is 0. The van der Waals surface area contributed by atoms with Crippen LogP contribution >= 0.6 is 15.9 Å². The van der Waals surface area contributed by atoms with Crippen LogP contribution in [0.25, 0.3) is 0 Å². The Morgan fingerprint density at radius 2 is 2.22 bits per heavy atom. The van der Waals surface area contributed by atoms with Crippen molar-refractivity contribution in [1.82, 2.24) is 5.32 Å². The van der Waals surface area contributed by atoms with Crippen LogP contribution in [0.4, 0.5) is 5.69 Å². The molecule has 0 fully saturated rings. The maximum absolute atomic E-state index is 12.0. The van der Waals surface area contributed by atoms with Crippen LogP contribution in [0, 0.1) is 0 Å². The van der Waals surface area contributed by atoms with Crippen LogP contribution in [-0.4, -0.2) is 31.4 Å². The predicted octanol–water partition coefficient (Wildman–Crippen LogP) is 0.413. The van der Waals surface area contributed by atoms with Crippen LogP contribution in [0.1, 0.15) is 5.56 Å². The predicted molar refractivity (Wildman–Crippen MR) is 72.3 cm³/mol. The molecule has 0 aliphatic carbocycles. The summed E-state index contributed by atoms with van der Waals surface area (Å²) >= 11 is 3.41. The molecule has 2 rings (SSSR count). The molecule has 1 heterocycles. The Morgan fingerprint density at radius 3 is 2.94 bits per heavy atom. The molecule has 0 atom stereocenters. The normalized spacial score (nSPS) is 13.3. The van der Waals surface area contributed by atoms with Crippen LogP contribution in [0.15, 0.2) is 22.7 Å². The van der Waals surface area contributed by atoms with Crippen molar-refractivity contribution in [3.63, 3.8) is 0 Å². The van der Waals surface area contributed by atoms with E-state index in [-0.39, 0.29) is 24.9 Å². The third kappa shape index (κ3) is 2.70. The highest BCUT2D eigenvalue weighted by molar-refractivity contribution is 9.10. The first-order valence-electron chi connectivity index (χ1n) is 5.67. The highest BCUT2D eigenvalue weighted by Gasteiger charge is 2.24. The lowest BCUT2D eigenvalue weighted by atomic mass is 10.2. The first-order valence-corrected chi connectivity index (χ1v) is 6.46. The zero-order valence-electron chi connectivity index (χ0n) is 9.78. The lowest BCUT2D eigenvalue weighted by Gasteiger charge is -2.17. The number of amides is 2. The Kier molecular flexibility index (Phi) is 3.98. The molecule has 0 saturated carbocycles. The van der Waals surface area contributed by atoms with Gasteiger partial charge in [-0.25, -0.2) is 0 Å². The van der Waals surface area contributed by atoms with Crippen LogP contribution in [-0.2, 0) is 16.0 Å². The molecule has 0 saturated heterocycles. The summed E-state index contributed by atoms with van der Waals surface area (Å²) in [6, 6.07) is 5.83. The molecule has 1 aromatic rings. The van der Waals surface area contributed by atoms with Crippen molar-refractivity contribution in [2.45, 2.75) is 6.42 Å². The van der Waals surface area contributed by atoms with E-state index in [0.29, 0.717) is 6.54 Å². The molecular weight excluding hydrogens is 298 g/mol. The minimum atomic E-state index is -0.321. The van der Waals surface area contributed by atoms with E-state index in [2.05, 4.69) is 21.2 Å². The first kappa shape index (κ1) is 13.0. The Balaban J connectivity index is 2.04. The summed E-state index contributed by atoms with van der Waals surface area (Å²) in [6.07, 6.45) is 0.839. The average Bonchev–Trinajstić information content (AvgIpc) is 2.78. The van der Waals surface area contributed by atoms with Gasteiger partial charge in [0.2, 0.25) is 11.8 Å². The summed E-state index contributed by atoms with van der Waals surface area (Å²) in [4.78, 5) is 24.7. The fourth-order valence-electron chi connectivity index (χ4n) is 1.97. The minimum Gasteiger partial charge on any atom is -0.346 e. The lowest BCUT2D eigenvalue weighted by molar-refractivity contribution is -0.124. The van der Waals surface area contributed by atoms with E-state index in [9.17, 15) is 9.59 Å². The first-order chi connectivity index (χ1) is 8.61. The van der Waals surface area contributed by atoms with Crippen LogP contribution in [0.5, 0.6) is 0 Å². The molecule has 2 amide bonds. The second-order valence-electron chi connectivity index (χ2n) is 4.05. The van der Waals surface area contributed by atoms with Crippen LogP contribution in [0.3, 0.4) is 0 Å². The van der Waals surface area contributed by atoms with Crippen molar-refractivity contribution < 1.29 is 9.59 Å². The minimum absolute atomic E-state index is 0.00840. The maximum atomic E-state index is 12.0. The molecule has 5 nitrogen and oxygen atoms in total. The molecule has 0 unspecified atom stereocenters. The van der Waals surface area contributed by atoms with Gasteiger partial charge in [0.25, 0.3) is 0 Å². The summed E-state index contributed by atoms with van der Waals surface area (Å²) in [6.45, 7) is 0.547. The van der Waals surface area contributed by atoms with Crippen molar-refractivity contribution in [3.8, 4) is 0 Å². The summed E-state index contributed by atoms with van der Waals surface area (Å²) < 4.78 is 1.01. The van der Waals surface area contributed by atoms with Gasteiger partial charge in [-0.2, -0.15) is 0 Å². The molecule has 96 valence electrons. The number of nitrogens with two attached hydrogens (primary N) is 1. The van der Waals surface area contributed by atoms with E-state index in [1.54, 1.807) is 4.90 Å². The molecule has 0 spiro atoms. The fourth-order valence-corrected chi connectivity index (χ4v) is 2.38. The zero-order chi connectivity index (χ0) is 13.1.